The largest absolute Gasteiger partial charge is 0.388 e. The lowest BCUT2D eigenvalue weighted by Crippen LogP contribution is -2.50. The monoisotopic (exact) mass is 241 g/mol. The van der Waals surface area contributed by atoms with Gasteiger partial charge in [0.05, 0.1) is 5.60 Å². The van der Waals surface area contributed by atoms with Crippen LogP contribution in [0.15, 0.2) is 24.3 Å². The van der Waals surface area contributed by atoms with E-state index in [-0.39, 0.29) is 12.0 Å². The van der Waals surface area contributed by atoms with Crippen molar-refractivity contribution in [2.75, 3.05) is 6.54 Å². The number of aliphatic hydroxyl groups is 1. The van der Waals surface area contributed by atoms with Crippen molar-refractivity contribution in [1.29, 1.82) is 0 Å². The van der Waals surface area contributed by atoms with E-state index < -0.39 is 5.60 Å². The summed E-state index contributed by atoms with van der Waals surface area (Å²) in [6.45, 7) is 6.21. The highest BCUT2D eigenvalue weighted by Gasteiger charge is 2.38. The predicted octanol–water partition coefficient (Wildman–Crippen LogP) is 2.62. The smallest absolute Gasteiger partial charge is 0.0857 e. The van der Waals surface area contributed by atoms with E-state index in [9.17, 15) is 5.11 Å². The van der Waals surface area contributed by atoms with Crippen molar-refractivity contribution in [1.82, 2.24) is 0 Å². The lowest BCUT2D eigenvalue weighted by molar-refractivity contribution is -0.0490. The van der Waals surface area contributed by atoms with Gasteiger partial charge >= 0.3 is 0 Å². The molecule has 0 radical (unpaired) electrons. The van der Waals surface area contributed by atoms with E-state index in [2.05, 4.69) is 0 Å². The summed E-state index contributed by atoms with van der Waals surface area (Å²) >= 11 is 5.92. The average molecular weight is 242 g/mol. The van der Waals surface area contributed by atoms with Gasteiger partial charge in [0.15, 0.2) is 0 Å². The van der Waals surface area contributed by atoms with E-state index in [1.807, 2.05) is 45.0 Å². The molecular weight excluding hydrogens is 222 g/mol. The van der Waals surface area contributed by atoms with Gasteiger partial charge in [-0.1, -0.05) is 44.5 Å². The molecule has 3 N–H and O–H groups in total. The second-order valence-electron chi connectivity index (χ2n) is 5.29. The summed E-state index contributed by atoms with van der Waals surface area (Å²) in [6.07, 6.45) is 0.521. The van der Waals surface area contributed by atoms with Gasteiger partial charge in [0.2, 0.25) is 0 Å². The molecular formula is C13H20ClNO. The number of hydrogen-bond acceptors (Lipinski definition) is 2. The van der Waals surface area contributed by atoms with Crippen molar-refractivity contribution in [2.45, 2.75) is 32.8 Å². The van der Waals surface area contributed by atoms with Crippen molar-refractivity contribution in [3.05, 3.63) is 34.9 Å². The molecule has 90 valence electrons. The number of hydrogen-bond donors (Lipinski definition) is 2. The van der Waals surface area contributed by atoms with E-state index in [0.29, 0.717) is 11.4 Å². The molecule has 0 heterocycles. The van der Waals surface area contributed by atoms with Crippen LogP contribution >= 0.6 is 11.6 Å². The number of nitrogens with two attached hydrogens (primary N) is 1. The van der Waals surface area contributed by atoms with Crippen LogP contribution in [0.5, 0.6) is 0 Å². The predicted molar refractivity (Wildman–Crippen MR) is 68.6 cm³/mol. The average Bonchev–Trinajstić information content (AvgIpc) is 2.15. The van der Waals surface area contributed by atoms with Gasteiger partial charge in [-0.25, -0.2) is 0 Å². The van der Waals surface area contributed by atoms with Crippen LogP contribution in [0.1, 0.15) is 26.3 Å². The SMILES string of the molecule is CC(C)(C)C(O)(CN)Cc1cccc(Cl)c1. The summed E-state index contributed by atoms with van der Waals surface area (Å²) in [5.41, 5.74) is 5.54. The Morgan fingerprint density at radius 2 is 1.94 bits per heavy atom. The first-order valence-electron chi connectivity index (χ1n) is 5.45. The zero-order chi connectivity index (χ0) is 12.4. The van der Waals surface area contributed by atoms with Gasteiger partial charge in [-0.3, -0.25) is 0 Å². The Morgan fingerprint density at radius 1 is 1.31 bits per heavy atom. The third-order valence-electron chi connectivity index (χ3n) is 3.12. The fourth-order valence-corrected chi connectivity index (χ4v) is 1.84. The minimum atomic E-state index is -0.905. The highest BCUT2D eigenvalue weighted by atomic mass is 35.5. The highest BCUT2D eigenvalue weighted by molar-refractivity contribution is 6.30. The van der Waals surface area contributed by atoms with E-state index in [4.69, 9.17) is 17.3 Å². The van der Waals surface area contributed by atoms with E-state index in [1.165, 1.54) is 0 Å². The van der Waals surface area contributed by atoms with Gasteiger partial charge in [0.1, 0.15) is 0 Å². The normalized spacial score (nSPS) is 15.9. The van der Waals surface area contributed by atoms with E-state index in [0.717, 1.165) is 5.56 Å². The molecule has 1 aromatic rings. The van der Waals surface area contributed by atoms with Crippen molar-refractivity contribution in [3.8, 4) is 0 Å². The molecule has 16 heavy (non-hydrogen) atoms. The van der Waals surface area contributed by atoms with E-state index in [1.54, 1.807) is 0 Å². The summed E-state index contributed by atoms with van der Waals surface area (Å²) in [5, 5.41) is 11.2. The quantitative estimate of drug-likeness (QED) is 0.855. The third-order valence-corrected chi connectivity index (χ3v) is 3.35. The second-order valence-corrected chi connectivity index (χ2v) is 5.73. The number of benzene rings is 1. The first kappa shape index (κ1) is 13.5. The van der Waals surface area contributed by atoms with Gasteiger partial charge in [-0.15, -0.1) is 0 Å². The molecule has 0 spiro atoms. The Balaban J connectivity index is 2.94. The summed E-state index contributed by atoms with van der Waals surface area (Å²) in [6, 6.07) is 7.53. The lowest BCUT2D eigenvalue weighted by Gasteiger charge is -2.39. The van der Waals surface area contributed by atoms with Crippen molar-refractivity contribution in [3.63, 3.8) is 0 Å². The van der Waals surface area contributed by atoms with Crippen molar-refractivity contribution in [2.24, 2.45) is 11.1 Å². The summed E-state index contributed by atoms with van der Waals surface area (Å²) in [7, 11) is 0. The molecule has 1 aromatic carbocycles. The van der Waals surface area contributed by atoms with Crippen LogP contribution in [0.3, 0.4) is 0 Å². The van der Waals surface area contributed by atoms with E-state index >= 15 is 0 Å². The zero-order valence-electron chi connectivity index (χ0n) is 10.1. The van der Waals surface area contributed by atoms with Crippen LogP contribution in [0, 0.1) is 5.41 Å². The maximum Gasteiger partial charge on any atom is 0.0857 e. The fraction of sp³-hybridized carbons (Fsp3) is 0.538. The molecule has 3 heteroatoms. The molecule has 1 rings (SSSR count). The topological polar surface area (TPSA) is 46.2 Å². The molecule has 0 saturated carbocycles. The van der Waals surface area contributed by atoms with Crippen LogP contribution in [0.4, 0.5) is 0 Å². The molecule has 0 aliphatic rings. The molecule has 0 aromatic heterocycles. The maximum atomic E-state index is 10.5. The van der Waals surface area contributed by atoms with Gasteiger partial charge in [0.25, 0.3) is 0 Å². The Bertz CT molecular complexity index is 359. The van der Waals surface area contributed by atoms with Gasteiger partial charge in [0, 0.05) is 18.0 Å². The molecule has 0 fully saturated rings. The number of rotatable bonds is 3. The van der Waals surface area contributed by atoms with Crippen LogP contribution in [0.25, 0.3) is 0 Å². The third kappa shape index (κ3) is 2.97. The molecule has 0 aliphatic heterocycles. The molecule has 0 aliphatic carbocycles. The first-order chi connectivity index (χ1) is 7.28. The summed E-state index contributed by atoms with van der Waals surface area (Å²) in [4.78, 5) is 0. The van der Waals surface area contributed by atoms with Crippen molar-refractivity contribution >= 4 is 11.6 Å². The Labute approximate surface area is 102 Å². The maximum absolute atomic E-state index is 10.5. The van der Waals surface area contributed by atoms with Crippen molar-refractivity contribution < 1.29 is 5.11 Å². The summed E-state index contributed by atoms with van der Waals surface area (Å²) in [5.74, 6) is 0. The Kier molecular flexibility index (Phi) is 4.00. The molecule has 2 nitrogen and oxygen atoms in total. The van der Waals surface area contributed by atoms with Crippen LogP contribution < -0.4 is 5.73 Å². The number of halogens is 1. The second kappa shape index (κ2) is 4.74. The zero-order valence-corrected chi connectivity index (χ0v) is 10.9. The highest BCUT2D eigenvalue weighted by Crippen LogP contribution is 2.32. The lowest BCUT2D eigenvalue weighted by atomic mass is 9.73. The standard InChI is InChI=1S/C13H20ClNO/c1-12(2,3)13(16,9-15)8-10-5-4-6-11(14)7-10/h4-7,16H,8-9,15H2,1-3H3. The van der Waals surface area contributed by atoms with Gasteiger partial charge in [-0.2, -0.15) is 0 Å². The Hall–Kier alpha value is -0.570. The minimum Gasteiger partial charge on any atom is -0.388 e. The summed E-state index contributed by atoms with van der Waals surface area (Å²) < 4.78 is 0. The fourth-order valence-electron chi connectivity index (χ4n) is 1.63. The molecule has 0 bridgehead atoms. The van der Waals surface area contributed by atoms with Crippen LogP contribution in [-0.4, -0.2) is 17.3 Å². The van der Waals surface area contributed by atoms with Gasteiger partial charge in [-0.05, 0) is 23.1 Å². The van der Waals surface area contributed by atoms with Crippen LogP contribution in [0.2, 0.25) is 5.02 Å². The molecule has 0 saturated heterocycles. The molecule has 1 atom stereocenters. The van der Waals surface area contributed by atoms with Crippen LogP contribution in [-0.2, 0) is 6.42 Å². The molecule has 1 unspecified atom stereocenters. The first-order valence-corrected chi connectivity index (χ1v) is 5.83. The molecule has 0 amide bonds. The minimum absolute atomic E-state index is 0.239. The van der Waals surface area contributed by atoms with Gasteiger partial charge < -0.3 is 10.8 Å². The Morgan fingerprint density at radius 3 is 2.38 bits per heavy atom.